The van der Waals surface area contributed by atoms with E-state index in [1.165, 1.54) is 4.90 Å². The number of carbonyl (C=O) groups excluding carboxylic acids is 3. The Morgan fingerprint density at radius 1 is 1.53 bits per heavy atom. The number of ether oxygens (including phenoxy) is 1. The quantitative estimate of drug-likeness (QED) is 0.597. The SMILES string of the molecule is CCCOC(=O)CC1C(=O)NCCN1C(=O)CNC. The first-order valence-electron chi connectivity index (χ1n) is 6.47. The van der Waals surface area contributed by atoms with E-state index in [9.17, 15) is 14.4 Å². The third kappa shape index (κ3) is 4.51. The molecule has 2 N–H and O–H groups in total. The van der Waals surface area contributed by atoms with Crippen molar-refractivity contribution < 1.29 is 19.1 Å². The van der Waals surface area contributed by atoms with E-state index in [1.807, 2.05) is 6.92 Å². The molecule has 1 atom stereocenters. The van der Waals surface area contributed by atoms with Gasteiger partial charge in [0.2, 0.25) is 11.8 Å². The maximum atomic E-state index is 11.9. The van der Waals surface area contributed by atoms with Crippen LogP contribution in [0.4, 0.5) is 0 Å². The third-order valence-corrected chi connectivity index (χ3v) is 2.81. The van der Waals surface area contributed by atoms with Gasteiger partial charge in [0, 0.05) is 13.1 Å². The van der Waals surface area contributed by atoms with Crippen LogP contribution in [0, 0.1) is 0 Å². The minimum atomic E-state index is -0.765. The molecule has 0 bridgehead atoms. The molecule has 0 aromatic carbocycles. The van der Waals surface area contributed by atoms with Gasteiger partial charge in [-0.25, -0.2) is 0 Å². The van der Waals surface area contributed by atoms with Crippen LogP contribution < -0.4 is 10.6 Å². The Balaban J connectivity index is 2.64. The molecule has 1 aliphatic rings. The molecule has 1 saturated heterocycles. The standard InChI is InChI=1S/C12H21N3O4/c1-3-6-19-11(17)7-9-12(18)14-4-5-15(9)10(16)8-13-2/h9,13H,3-8H2,1-2H3,(H,14,18). The fourth-order valence-electron chi connectivity index (χ4n) is 1.90. The Morgan fingerprint density at radius 3 is 2.89 bits per heavy atom. The van der Waals surface area contributed by atoms with Crippen molar-refractivity contribution in [3.8, 4) is 0 Å². The van der Waals surface area contributed by atoms with Crippen LogP contribution >= 0.6 is 0 Å². The summed E-state index contributed by atoms with van der Waals surface area (Å²) in [5, 5.41) is 5.41. The van der Waals surface area contributed by atoms with E-state index in [0.717, 1.165) is 6.42 Å². The minimum absolute atomic E-state index is 0.0959. The summed E-state index contributed by atoms with van der Waals surface area (Å²) in [6.07, 6.45) is 0.631. The molecule has 0 spiro atoms. The molecule has 2 amide bonds. The largest absolute Gasteiger partial charge is 0.466 e. The number of carbonyl (C=O) groups is 3. The molecule has 1 heterocycles. The minimum Gasteiger partial charge on any atom is -0.466 e. The van der Waals surface area contributed by atoms with Crippen LogP contribution in [0.3, 0.4) is 0 Å². The van der Waals surface area contributed by atoms with Gasteiger partial charge in [-0.2, -0.15) is 0 Å². The molecule has 0 aliphatic carbocycles. The van der Waals surface area contributed by atoms with Crippen molar-refractivity contribution in [3.63, 3.8) is 0 Å². The van der Waals surface area contributed by atoms with E-state index >= 15 is 0 Å². The topological polar surface area (TPSA) is 87.7 Å². The van der Waals surface area contributed by atoms with Gasteiger partial charge in [-0.1, -0.05) is 6.92 Å². The first kappa shape index (κ1) is 15.4. The Hall–Kier alpha value is -1.63. The van der Waals surface area contributed by atoms with Gasteiger partial charge in [0.15, 0.2) is 0 Å². The number of likely N-dealkylation sites (N-methyl/N-ethyl adjacent to an activating group) is 1. The van der Waals surface area contributed by atoms with E-state index in [2.05, 4.69) is 10.6 Å². The van der Waals surface area contributed by atoms with Crippen molar-refractivity contribution >= 4 is 17.8 Å². The highest BCUT2D eigenvalue weighted by molar-refractivity contribution is 5.92. The number of amides is 2. The van der Waals surface area contributed by atoms with E-state index in [1.54, 1.807) is 7.05 Å². The molecule has 108 valence electrons. The molecule has 1 aliphatic heterocycles. The third-order valence-electron chi connectivity index (χ3n) is 2.81. The Bertz CT molecular complexity index is 346. The molecule has 1 rings (SSSR count). The molecule has 0 aromatic rings. The predicted molar refractivity (Wildman–Crippen MR) is 68.3 cm³/mol. The lowest BCUT2D eigenvalue weighted by atomic mass is 10.1. The zero-order valence-electron chi connectivity index (χ0n) is 11.4. The molecule has 0 saturated carbocycles. The van der Waals surface area contributed by atoms with Crippen molar-refractivity contribution in [1.82, 2.24) is 15.5 Å². The summed E-state index contributed by atoms with van der Waals surface area (Å²) in [6, 6.07) is -0.765. The molecule has 1 fully saturated rings. The lowest BCUT2D eigenvalue weighted by molar-refractivity contribution is -0.151. The maximum absolute atomic E-state index is 11.9. The summed E-state index contributed by atoms with van der Waals surface area (Å²) in [5.41, 5.74) is 0. The van der Waals surface area contributed by atoms with Crippen LogP contribution in [0.25, 0.3) is 0 Å². The summed E-state index contributed by atoms with van der Waals surface area (Å²) >= 11 is 0. The smallest absolute Gasteiger partial charge is 0.308 e. The summed E-state index contributed by atoms with van der Waals surface area (Å²) in [5.74, 6) is -0.944. The molecular weight excluding hydrogens is 250 g/mol. The van der Waals surface area contributed by atoms with Crippen LogP contribution in [-0.2, 0) is 19.1 Å². The van der Waals surface area contributed by atoms with E-state index < -0.39 is 12.0 Å². The second-order valence-electron chi connectivity index (χ2n) is 4.35. The van der Waals surface area contributed by atoms with Gasteiger partial charge in [0.1, 0.15) is 6.04 Å². The highest BCUT2D eigenvalue weighted by atomic mass is 16.5. The van der Waals surface area contributed by atoms with Crippen molar-refractivity contribution in [2.45, 2.75) is 25.8 Å². The van der Waals surface area contributed by atoms with Crippen LogP contribution in [0.1, 0.15) is 19.8 Å². The van der Waals surface area contributed by atoms with Gasteiger partial charge >= 0.3 is 5.97 Å². The zero-order chi connectivity index (χ0) is 14.3. The molecular formula is C12H21N3O4. The van der Waals surface area contributed by atoms with E-state index in [4.69, 9.17) is 4.74 Å². The van der Waals surface area contributed by atoms with Crippen LogP contribution in [0.2, 0.25) is 0 Å². The predicted octanol–water partition coefficient (Wildman–Crippen LogP) is -1.12. The van der Waals surface area contributed by atoms with Gasteiger partial charge in [-0.3, -0.25) is 14.4 Å². The lowest BCUT2D eigenvalue weighted by Gasteiger charge is -2.34. The van der Waals surface area contributed by atoms with Gasteiger partial charge in [-0.05, 0) is 13.5 Å². The molecule has 7 heteroatoms. The van der Waals surface area contributed by atoms with Crippen LogP contribution in [-0.4, -0.2) is 62.0 Å². The second-order valence-corrected chi connectivity index (χ2v) is 4.35. The first-order chi connectivity index (χ1) is 9.10. The number of piperazine rings is 1. The van der Waals surface area contributed by atoms with Crippen molar-refractivity contribution in [1.29, 1.82) is 0 Å². The van der Waals surface area contributed by atoms with Crippen molar-refractivity contribution in [3.05, 3.63) is 0 Å². The fraction of sp³-hybridized carbons (Fsp3) is 0.750. The van der Waals surface area contributed by atoms with E-state index in [-0.39, 0.29) is 24.8 Å². The first-order valence-corrected chi connectivity index (χ1v) is 6.47. The zero-order valence-corrected chi connectivity index (χ0v) is 11.4. The van der Waals surface area contributed by atoms with Gasteiger partial charge in [-0.15, -0.1) is 0 Å². The lowest BCUT2D eigenvalue weighted by Crippen LogP contribution is -2.59. The summed E-state index contributed by atoms with van der Waals surface area (Å²) < 4.78 is 4.96. The number of nitrogens with zero attached hydrogens (tertiary/aromatic N) is 1. The number of rotatable bonds is 6. The monoisotopic (exact) mass is 271 g/mol. The number of hydrogen-bond donors (Lipinski definition) is 2. The molecule has 19 heavy (non-hydrogen) atoms. The summed E-state index contributed by atoms with van der Waals surface area (Å²) in [4.78, 5) is 36.7. The number of nitrogens with one attached hydrogen (secondary N) is 2. The van der Waals surface area contributed by atoms with Crippen molar-refractivity contribution in [2.75, 3.05) is 33.3 Å². The summed E-state index contributed by atoms with van der Waals surface area (Å²) in [7, 11) is 1.66. The summed E-state index contributed by atoms with van der Waals surface area (Å²) in [6.45, 7) is 3.20. The molecule has 0 aromatic heterocycles. The van der Waals surface area contributed by atoms with Crippen molar-refractivity contribution in [2.24, 2.45) is 0 Å². The second kappa shape index (κ2) is 7.73. The molecule has 0 radical (unpaired) electrons. The van der Waals surface area contributed by atoms with Crippen LogP contribution in [0.5, 0.6) is 0 Å². The van der Waals surface area contributed by atoms with Gasteiger partial charge in [0.05, 0.1) is 19.6 Å². The van der Waals surface area contributed by atoms with E-state index in [0.29, 0.717) is 19.7 Å². The molecule has 7 nitrogen and oxygen atoms in total. The number of esters is 1. The Morgan fingerprint density at radius 2 is 2.26 bits per heavy atom. The average Bonchev–Trinajstić information content (AvgIpc) is 2.39. The van der Waals surface area contributed by atoms with Gasteiger partial charge < -0.3 is 20.3 Å². The Kier molecular flexibility index (Phi) is 6.27. The molecule has 1 unspecified atom stereocenters. The Labute approximate surface area is 112 Å². The average molecular weight is 271 g/mol. The highest BCUT2D eigenvalue weighted by Gasteiger charge is 2.34. The maximum Gasteiger partial charge on any atom is 0.308 e. The highest BCUT2D eigenvalue weighted by Crippen LogP contribution is 2.10. The normalized spacial score (nSPS) is 18.9. The fourth-order valence-corrected chi connectivity index (χ4v) is 1.90. The van der Waals surface area contributed by atoms with Gasteiger partial charge in [0.25, 0.3) is 0 Å². The number of hydrogen-bond acceptors (Lipinski definition) is 5. The van der Waals surface area contributed by atoms with Crippen LogP contribution in [0.15, 0.2) is 0 Å².